The topological polar surface area (TPSA) is 52.6 Å². The Kier molecular flexibility index (Phi) is 5.74. The molecule has 0 saturated carbocycles. The SMILES string of the molecule is CCN1CSC(=CNc2cccc(N(C)C(=O)CCl)c2)C1=O. The second-order valence-electron chi connectivity index (χ2n) is 4.72. The van der Waals surface area contributed by atoms with Gasteiger partial charge in [-0.1, -0.05) is 17.8 Å². The fourth-order valence-electron chi connectivity index (χ4n) is 1.95. The fourth-order valence-corrected chi connectivity index (χ4v) is 3.12. The van der Waals surface area contributed by atoms with Crippen molar-refractivity contribution in [3.05, 3.63) is 35.4 Å². The van der Waals surface area contributed by atoms with Crippen molar-refractivity contribution in [3.8, 4) is 0 Å². The molecule has 0 aromatic heterocycles. The average molecular weight is 340 g/mol. The molecular formula is C15H18ClN3O2S. The Balaban J connectivity index is 2.08. The molecule has 0 unspecified atom stereocenters. The van der Waals surface area contributed by atoms with E-state index in [4.69, 9.17) is 11.6 Å². The minimum Gasteiger partial charge on any atom is -0.360 e. The average Bonchev–Trinajstić information content (AvgIpc) is 2.91. The Morgan fingerprint density at radius 3 is 2.95 bits per heavy atom. The molecule has 2 rings (SSSR count). The van der Waals surface area contributed by atoms with Crippen molar-refractivity contribution in [2.75, 3.05) is 35.6 Å². The molecule has 1 saturated heterocycles. The molecule has 0 radical (unpaired) electrons. The number of alkyl halides is 1. The zero-order valence-corrected chi connectivity index (χ0v) is 14.1. The second kappa shape index (κ2) is 7.56. The summed E-state index contributed by atoms with van der Waals surface area (Å²) < 4.78 is 0. The summed E-state index contributed by atoms with van der Waals surface area (Å²) in [6.45, 7) is 2.67. The fraction of sp³-hybridized carbons (Fsp3) is 0.333. The summed E-state index contributed by atoms with van der Waals surface area (Å²) in [5.74, 6) is 0.509. The maximum atomic E-state index is 12.0. The first kappa shape index (κ1) is 16.7. The van der Waals surface area contributed by atoms with Gasteiger partial charge in [0.15, 0.2) is 0 Å². The van der Waals surface area contributed by atoms with E-state index in [2.05, 4.69) is 5.32 Å². The minimum absolute atomic E-state index is 0.0468. The third kappa shape index (κ3) is 3.75. The lowest BCUT2D eigenvalue weighted by Gasteiger charge is -2.16. The van der Waals surface area contributed by atoms with Crippen LogP contribution in [0.15, 0.2) is 35.4 Å². The van der Waals surface area contributed by atoms with Crippen LogP contribution in [0.4, 0.5) is 11.4 Å². The van der Waals surface area contributed by atoms with E-state index in [9.17, 15) is 9.59 Å². The van der Waals surface area contributed by atoms with E-state index in [1.165, 1.54) is 16.7 Å². The summed E-state index contributed by atoms with van der Waals surface area (Å²) in [6, 6.07) is 7.39. The summed E-state index contributed by atoms with van der Waals surface area (Å²) in [6.07, 6.45) is 1.71. The number of nitrogens with one attached hydrogen (secondary N) is 1. The van der Waals surface area contributed by atoms with Gasteiger partial charge in [0, 0.05) is 31.2 Å². The summed E-state index contributed by atoms with van der Waals surface area (Å²) >= 11 is 7.08. The van der Waals surface area contributed by atoms with Gasteiger partial charge < -0.3 is 15.1 Å². The van der Waals surface area contributed by atoms with E-state index >= 15 is 0 Å². The molecule has 1 aromatic carbocycles. The van der Waals surface area contributed by atoms with Crippen molar-refractivity contribution in [2.24, 2.45) is 0 Å². The highest BCUT2D eigenvalue weighted by molar-refractivity contribution is 8.04. The van der Waals surface area contributed by atoms with Crippen LogP contribution >= 0.6 is 23.4 Å². The smallest absolute Gasteiger partial charge is 0.262 e. The molecule has 1 aliphatic rings. The molecule has 22 heavy (non-hydrogen) atoms. The number of rotatable bonds is 5. The van der Waals surface area contributed by atoms with Gasteiger partial charge in [-0.25, -0.2) is 0 Å². The van der Waals surface area contributed by atoms with Crippen LogP contribution in [-0.2, 0) is 9.59 Å². The van der Waals surface area contributed by atoms with Gasteiger partial charge >= 0.3 is 0 Å². The van der Waals surface area contributed by atoms with Crippen LogP contribution < -0.4 is 10.2 Å². The number of amides is 2. The van der Waals surface area contributed by atoms with Crippen molar-refractivity contribution < 1.29 is 9.59 Å². The molecule has 1 aliphatic heterocycles. The van der Waals surface area contributed by atoms with Crippen LogP contribution in [0, 0.1) is 0 Å². The number of thioether (sulfide) groups is 1. The van der Waals surface area contributed by atoms with Crippen molar-refractivity contribution in [1.82, 2.24) is 4.90 Å². The standard InChI is InChI=1S/C15H18ClN3O2S/c1-3-19-10-22-13(15(19)21)9-17-11-5-4-6-12(7-11)18(2)14(20)8-16/h4-7,9,17H,3,8,10H2,1-2H3. The summed E-state index contributed by atoms with van der Waals surface area (Å²) in [7, 11) is 1.68. The summed E-state index contributed by atoms with van der Waals surface area (Å²) in [5.41, 5.74) is 1.55. The normalized spacial score (nSPS) is 16.2. The molecule has 5 nitrogen and oxygen atoms in total. The summed E-state index contributed by atoms with van der Waals surface area (Å²) in [5, 5.41) is 3.11. The number of anilines is 2. The number of carbonyl (C=O) groups excluding carboxylic acids is 2. The van der Waals surface area contributed by atoms with Gasteiger partial charge in [0.05, 0.1) is 10.8 Å². The van der Waals surface area contributed by atoms with Crippen molar-refractivity contribution in [2.45, 2.75) is 6.92 Å². The highest BCUT2D eigenvalue weighted by Crippen LogP contribution is 2.28. The molecular weight excluding hydrogens is 322 g/mol. The monoisotopic (exact) mass is 339 g/mol. The van der Waals surface area contributed by atoms with Crippen LogP contribution in [0.5, 0.6) is 0 Å². The van der Waals surface area contributed by atoms with Gasteiger partial charge in [0.25, 0.3) is 5.91 Å². The van der Waals surface area contributed by atoms with Crippen molar-refractivity contribution in [3.63, 3.8) is 0 Å². The lowest BCUT2D eigenvalue weighted by atomic mass is 10.2. The van der Waals surface area contributed by atoms with Crippen LogP contribution in [0.1, 0.15) is 6.92 Å². The lowest BCUT2D eigenvalue weighted by molar-refractivity contribution is -0.124. The Hall–Kier alpha value is -1.66. The predicted octanol–water partition coefficient (Wildman–Crippen LogP) is 2.69. The van der Waals surface area contributed by atoms with E-state index in [-0.39, 0.29) is 17.7 Å². The van der Waals surface area contributed by atoms with E-state index < -0.39 is 0 Å². The Bertz CT molecular complexity index is 606. The number of carbonyl (C=O) groups is 2. The van der Waals surface area contributed by atoms with E-state index in [1.54, 1.807) is 18.1 Å². The Morgan fingerprint density at radius 2 is 2.32 bits per heavy atom. The molecule has 0 spiro atoms. The van der Waals surface area contributed by atoms with Gasteiger partial charge in [-0.3, -0.25) is 9.59 Å². The van der Waals surface area contributed by atoms with Crippen LogP contribution in [-0.4, -0.2) is 42.1 Å². The number of hydrogen-bond donors (Lipinski definition) is 1. The molecule has 2 amide bonds. The van der Waals surface area contributed by atoms with Gasteiger partial charge in [0.2, 0.25) is 5.91 Å². The minimum atomic E-state index is -0.169. The molecule has 1 heterocycles. The second-order valence-corrected chi connectivity index (χ2v) is 5.98. The van der Waals surface area contributed by atoms with E-state index in [0.29, 0.717) is 17.3 Å². The van der Waals surface area contributed by atoms with Gasteiger partial charge in [-0.2, -0.15) is 0 Å². The number of likely N-dealkylation sites (N-methyl/N-ethyl adjacent to an activating group) is 1. The van der Waals surface area contributed by atoms with Gasteiger partial charge in [0.1, 0.15) is 5.88 Å². The molecule has 1 aromatic rings. The molecule has 0 atom stereocenters. The third-order valence-electron chi connectivity index (χ3n) is 3.35. The first-order valence-corrected chi connectivity index (χ1v) is 8.40. The Morgan fingerprint density at radius 1 is 1.55 bits per heavy atom. The maximum Gasteiger partial charge on any atom is 0.262 e. The molecule has 1 fully saturated rings. The molecule has 118 valence electrons. The number of halogens is 1. The molecule has 0 bridgehead atoms. The molecule has 7 heteroatoms. The van der Waals surface area contributed by atoms with E-state index in [1.807, 2.05) is 31.2 Å². The maximum absolute atomic E-state index is 12.0. The first-order chi connectivity index (χ1) is 10.6. The third-order valence-corrected chi connectivity index (χ3v) is 4.62. The van der Waals surface area contributed by atoms with Crippen molar-refractivity contribution in [1.29, 1.82) is 0 Å². The van der Waals surface area contributed by atoms with Crippen LogP contribution in [0.25, 0.3) is 0 Å². The summed E-state index contributed by atoms with van der Waals surface area (Å²) in [4.78, 5) is 27.6. The number of nitrogens with zero attached hydrogens (tertiary/aromatic N) is 2. The highest BCUT2D eigenvalue weighted by atomic mass is 35.5. The molecule has 1 N–H and O–H groups in total. The van der Waals surface area contributed by atoms with Crippen LogP contribution in [0.2, 0.25) is 0 Å². The van der Waals surface area contributed by atoms with Gasteiger partial charge in [-0.05, 0) is 25.1 Å². The van der Waals surface area contributed by atoms with Gasteiger partial charge in [-0.15, -0.1) is 11.6 Å². The molecule has 0 aliphatic carbocycles. The quantitative estimate of drug-likeness (QED) is 0.662. The lowest BCUT2D eigenvalue weighted by Crippen LogP contribution is -2.27. The number of hydrogen-bond acceptors (Lipinski definition) is 4. The largest absolute Gasteiger partial charge is 0.360 e. The predicted molar refractivity (Wildman–Crippen MR) is 92.1 cm³/mol. The van der Waals surface area contributed by atoms with Crippen molar-refractivity contribution >= 4 is 46.6 Å². The Labute approximate surface area is 139 Å². The zero-order valence-electron chi connectivity index (χ0n) is 12.5. The zero-order chi connectivity index (χ0) is 16.1. The first-order valence-electron chi connectivity index (χ1n) is 6.88. The highest BCUT2D eigenvalue weighted by Gasteiger charge is 2.24. The number of benzene rings is 1. The van der Waals surface area contributed by atoms with E-state index in [0.717, 1.165) is 11.4 Å². The van der Waals surface area contributed by atoms with Crippen LogP contribution in [0.3, 0.4) is 0 Å².